The minimum atomic E-state index is 0.718. The fraction of sp³-hybridized carbons (Fsp3) is 0.786. The number of hydrogen-bond donors (Lipinski definition) is 1. The monoisotopic (exact) mass is 235 g/mol. The summed E-state index contributed by atoms with van der Waals surface area (Å²) in [6, 6.07) is 2.84. The van der Waals surface area contributed by atoms with Gasteiger partial charge in [0.2, 0.25) is 0 Å². The second kappa shape index (κ2) is 6.80. The summed E-state index contributed by atoms with van der Waals surface area (Å²) in [5, 5.41) is 8.01. The molecule has 1 aliphatic rings. The molecule has 1 heterocycles. The summed E-state index contributed by atoms with van der Waals surface area (Å²) in [5.41, 5.74) is 1.31. The third kappa shape index (κ3) is 3.84. The van der Waals surface area contributed by atoms with Crippen LogP contribution in [0.3, 0.4) is 0 Å². The molecule has 1 fully saturated rings. The van der Waals surface area contributed by atoms with Crippen LogP contribution in [0.5, 0.6) is 0 Å². The van der Waals surface area contributed by atoms with Gasteiger partial charge in [-0.25, -0.2) is 0 Å². The lowest BCUT2D eigenvalue weighted by atomic mass is 9.97. The first-order valence-corrected chi connectivity index (χ1v) is 7.14. The average molecular weight is 235 g/mol. The minimum Gasteiger partial charge on any atom is -0.308 e. The second-order valence-corrected chi connectivity index (χ2v) is 5.06. The first-order valence-electron chi connectivity index (χ1n) is 7.14. The number of hydrogen-bond acceptors (Lipinski definition) is 2. The summed E-state index contributed by atoms with van der Waals surface area (Å²) in [4.78, 5) is 0. The van der Waals surface area contributed by atoms with Crippen molar-refractivity contribution in [1.82, 2.24) is 15.1 Å². The predicted molar refractivity (Wildman–Crippen MR) is 70.8 cm³/mol. The van der Waals surface area contributed by atoms with Gasteiger partial charge in [0.15, 0.2) is 0 Å². The molecule has 1 saturated carbocycles. The molecule has 1 aromatic rings. The molecule has 0 radical (unpaired) electrons. The Hall–Kier alpha value is -0.830. The van der Waals surface area contributed by atoms with Crippen molar-refractivity contribution in [3.8, 4) is 0 Å². The zero-order valence-corrected chi connectivity index (χ0v) is 11.0. The van der Waals surface area contributed by atoms with Crippen molar-refractivity contribution in [2.75, 3.05) is 0 Å². The molecular formula is C14H25N3. The van der Waals surface area contributed by atoms with Gasteiger partial charge in [-0.05, 0) is 25.8 Å². The van der Waals surface area contributed by atoms with Crippen LogP contribution in [-0.2, 0) is 13.1 Å². The Labute approximate surface area is 105 Å². The molecule has 96 valence electrons. The van der Waals surface area contributed by atoms with Gasteiger partial charge in [0.25, 0.3) is 0 Å². The Balaban J connectivity index is 1.79. The summed E-state index contributed by atoms with van der Waals surface area (Å²) < 4.78 is 2.08. The standard InChI is InChI=1S/C14H25N3/c1-2-17-14(10-11-16-17)12-15-13-8-6-4-3-5-7-9-13/h10-11,13,15H,2-9,12H2,1H3. The number of aryl methyl sites for hydroxylation is 1. The maximum Gasteiger partial charge on any atom is 0.0522 e. The fourth-order valence-corrected chi connectivity index (χ4v) is 2.70. The van der Waals surface area contributed by atoms with E-state index in [2.05, 4.69) is 28.1 Å². The minimum absolute atomic E-state index is 0.718. The van der Waals surface area contributed by atoms with Crippen LogP contribution in [0.1, 0.15) is 57.6 Å². The van der Waals surface area contributed by atoms with Gasteiger partial charge >= 0.3 is 0 Å². The molecule has 0 unspecified atom stereocenters. The molecule has 17 heavy (non-hydrogen) atoms. The third-order valence-corrected chi connectivity index (χ3v) is 3.78. The maximum absolute atomic E-state index is 4.31. The van der Waals surface area contributed by atoms with Crippen LogP contribution in [0.15, 0.2) is 12.3 Å². The van der Waals surface area contributed by atoms with Crippen LogP contribution in [0.25, 0.3) is 0 Å². The van der Waals surface area contributed by atoms with E-state index in [4.69, 9.17) is 0 Å². The van der Waals surface area contributed by atoms with Crippen LogP contribution < -0.4 is 5.32 Å². The molecule has 0 spiro atoms. The van der Waals surface area contributed by atoms with E-state index in [9.17, 15) is 0 Å². The molecule has 1 aliphatic carbocycles. The van der Waals surface area contributed by atoms with E-state index in [0.717, 1.165) is 19.1 Å². The summed E-state index contributed by atoms with van der Waals surface area (Å²) in [7, 11) is 0. The summed E-state index contributed by atoms with van der Waals surface area (Å²) >= 11 is 0. The SMILES string of the molecule is CCn1nccc1CNC1CCCCCCC1. The Morgan fingerprint density at radius 1 is 1.24 bits per heavy atom. The number of nitrogens with zero attached hydrogens (tertiary/aromatic N) is 2. The molecule has 0 aromatic carbocycles. The molecule has 2 rings (SSSR count). The summed E-state index contributed by atoms with van der Waals surface area (Å²) in [6.45, 7) is 4.08. The topological polar surface area (TPSA) is 29.9 Å². The number of nitrogens with one attached hydrogen (secondary N) is 1. The van der Waals surface area contributed by atoms with E-state index >= 15 is 0 Å². The van der Waals surface area contributed by atoms with Crippen LogP contribution in [0.4, 0.5) is 0 Å². The summed E-state index contributed by atoms with van der Waals surface area (Å²) in [5.74, 6) is 0. The molecule has 0 atom stereocenters. The lowest BCUT2D eigenvalue weighted by Crippen LogP contribution is -2.30. The second-order valence-electron chi connectivity index (χ2n) is 5.06. The van der Waals surface area contributed by atoms with Crippen molar-refractivity contribution in [1.29, 1.82) is 0 Å². The first kappa shape index (κ1) is 12.6. The van der Waals surface area contributed by atoms with E-state index < -0.39 is 0 Å². The van der Waals surface area contributed by atoms with Crippen molar-refractivity contribution in [3.05, 3.63) is 18.0 Å². The van der Waals surface area contributed by atoms with Crippen LogP contribution >= 0.6 is 0 Å². The molecule has 0 bridgehead atoms. The highest BCUT2D eigenvalue weighted by atomic mass is 15.3. The van der Waals surface area contributed by atoms with E-state index in [1.54, 1.807) is 0 Å². The Morgan fingerprint density at radius 3 is 2.65 bits per heavy atom. The highest BCUT2D eigenvalue weighted by molar-refractivity contribution is 5.00. The smallest absolute Gasteiger partial charge is 0.0522 e. The third-order valence-electron chi connectivity index (χ3n) is 3.78. The van der Waals surface area contributed by atoms with Gasteiger partial charge in [-0.15, -0.1) is 0 Å². The Morgan fingerprint density at radius 2 is 1.94 bits per heavy atom. The molecule has 1 N–H and O–H groups in total. The average Bonchev–Trinajstić information content (AvgIpc) is 2.75. The van der Waals surface area contributed by atoms with E-state index in [-0.39, 0.29) is 0 Å². The van der Waals surface area contributed by atoms with Crippen molar-refractivity contribution >= 4 is 0 Å². The molecular weight excluding hydrogens is 210 g/mol. The van der Waals surface area contributed by atoms with Crippen molar-refractivity contribution < 1.29 is 0 Å². The largest absolute Gasteiger partial charge is 0.308 e. The van der Waals surface area contributed by atoms with Crippen molar-refractivity contribution in [2.45, 2.75) is 71.0 Å². The van der Waals surface area contributed by atoms with Gasteiger partial charge in [0.05, 0.1) is 5.69 Å². The van der Waals surface area contributed by atoms with Crippen molar-refractivity contribution in [2.24, 2.45) is 0 Å². The molecule has 0 aliphatic heterocycles. The highest BCUT2D eigenvalue weighted by Gasteiger charge is 2.11. The zero-order chi connectivity index (χ0) is 11.9. The van der Waals surface area contributed by atoms with Crippen LogP contribution in [-0.4, -0.2) is 15.8 Å². The van der Waals surface area contributed by atoms with Gasteiger partial charge in [0.1, 0.15) is 0 Å². The van der Waals surface area contributed by atoms with Crippen LogP contribution in [0.2, 0.25) is 0 Å². The van der Waals surface area contributed by atoms with Gasteiger partial charge in [0, 0.05) is 25.3 Å². The lowest BCUT2D eigenvalue weighted by molar-refractivity contribution is 0.384. The predicted octanol–water partition coefficient (Wildman–Crippen LogP) is 3.11. The van der Waals surface area contributed by atoms with Gasteiger partial charge in [-0.3, -0.25) is 4.68 Å². The molecule has 3 heteroatoms. The zero-order valence-electron chi connectivity index (χ0n) is 11.0. The first-order chi connectivity index (χ1) is 8.40. The number of aromatic nitrogens is 2. The van der Waals surface area contributed by atoms with Gasteiger partial charge < -0.3 is 5.32 Å². The fourth-order valence-electron chi connectivity index (χ4n) is 2.70. The maximum atomic E-state index is 4.31. The molecule has 0 saturated heterocycles. The van der Waals surface area contributed by atoms with Crippen molar-refractivity contribution in [3.63, 3.8) is 0 Å². The quantitative estimate of drug-likeness (QED) is 0.869. The molecule has 0 amide bonds. The number of rotatable bonds is 4. The Bertz CT molecular complexity index is 311. The molecule has 1 aromatic heterocycles. The summed E-state index contributed by atoms with van der Waals surface area (Å²) in [6.07, 6.45) is 11.7. The van der Waals surface area contributed by atoms with Gasteiger partial charge in [-0.2, -0.15) is 5.10 Å². The van der Waals surface area contributed by atoms with E-state index in [0.29, 0.717) is 0 Å². The lowest BCUT2D eigenvalue weighted by Gasteiger charge is -2.21. The Kier molecular flexibility index (Phi) is 5.05. The van der Waals surface area contributed by atoms with Crippen LogP contribution in [0, 0.1) is 0 Å². The normalized spacial score (nSPS) is 18.9. The van der Waals surface area contributed by atoms with E-state index in [1.807, 2.05) is 6.20 Å². The highest BCUT2D eigenvalue weighted by Crippen LogP contribution is 2.17. The van der Waals surface area contributed by atoms with E-state index in [1.165, 1.54) is 50.6 Å². The molecule has 3 nitrogen and oxygen atoms in total. The van der Waals surface area contributed by atoms with Gasteiger partial charge in [-0.1, -0.05) is 32.1 Å².